The smallest absolute Gasteiger partial charge is 0.261 e. The number of hydrogen-bond acceptors (Lipinski definition) is 4. The number of rotatable bonds is 3. The van der Waals surface area contributed by atoms with Gasteiger partial charge in [-0.1, -0.05) is 18.2 Å². The Morgan fingerprint density at radius 2 is 1.84 bits per heavy atom. The Bertz CT molecular complexity index is 810. The SMILES string of the molecule is O=S(=O)(Nc1ccc2ncoc2c1)c1ccccc1. The van der Waals surface area contributed by atoms with Crippen LogP contribution < -0.4 is 4.72 Å². The molecule has 2 aromatic carbocycles. The van der Waals surface area contributed by atoms with Crippen molar-refractivity contribution in [3.8, 4) is 0 Å². The van der Waals surface area contributed by atoms with Gasteiger partial charge < -0.3 is 4.42 Å². The third kappa shape index (κ3) is 2.30. The maximum Gasteiger partial charge on any atom is 0.261 e. The van der Waals surface area contributed by atoms with Gasteiger partial charge in [-0.2, -0.15) is 0 Å². The molecule has 0 saturated carbocycles. The molecule has 0 radical (unpaired) electrons. The highest BCUT2D eigenvalue weighted by molar-refractivity contribution is 7.92. The largest absolute Gasteiger partial charge is 0.443 e. The highest BCUT2D eigenvalue weighted by atomic mass is 32.2. The molecule has 0 atom stereocenters. The average Bonchev–Trinajstić information content (AvgIpc) is 2.87. The number of benzene rings is 2. The molecule has 0 amide bonds. The fraction of sp³-hybridized carbons (Fsp3) is 0. The van der Waals surface area contributed by atoms with E-state index in [0.717, 1.165) is 0 Å². The number of fused-ring (bicyclic) bond motifs is 1. The number of oxazole rings is 1. The van der Waals surface area contributed by atoms with Crippen LogP contribution in [0.2, 0.25) is 0 Å². The van der Waals surface area contributed by atoms with Crippen molar-refractivity contribution < 1.29 is 12.8 Å². The summed E-state index contributed by atoms with van der Waals surface area (Å²) in [4.78, 5) is 4.19. The van der Waals surface area contributed by atoms with Gasteiger partial charge in [0.1, 0.15) is 5.52 Å². The van der Waals surface area contributed by atoms with E-state index in [0.29, 0.717) is 16.8 Å². The normalized spacial score (nSPS) is 11.6. The lowest BCUT2D eigenvalue weighted by atomic mass is 10.3. The molecule has 0 aliphatic rings. The molecule has 0 unspecified atom stereocenters. The van der Waals surface area contributed by atoms with Crippen molar-refractivity contribution in [1.29, 1.82) is 0 Å². The second-order valence-electron chi connectivity index (χ2n) is 3.95. The molecular formula is C13H10N2O3S. The first-order chi connectivity index (χ1) is 9.15. The minimum atomic E-state index is -3.58. The fourth-order valence-electron chi connectivity index (χ4n) is 1.73. The molecule has 0 bridgehead atoms. The van der Waals surface area contributed by atoms with Gasteiger partial charge in [-0.15, -0.1) is 0 Å². The predicted molar refractivity (Wildman–Crippen MR) is 71.3 cm³/mol. The van der Waals surface area contributed by atoms with E-state index in [1.54, 1.807) is 36.4 Å². The summed E-state index contributed by atoms with van der Waals surface area (Å²) in [7, 11) is -3.58. The Hall–Kier alpha value is -2.34. The summed E-state index contributed by atoms with van der Waals surface area (Å²) in [6.07, 6.45) is 1.32. The molecular weight excluding hydrogens is 264 g/mol. The zero-order chi connectivity index (χ0) is 13.3. The summed E-state index contributed by atoms with van der Waals surface area (Å²) >= 11 is 0. The molecule has 96 valence electrons. The Morgan fingerprint density at radius 3 is 2.63 bits per heavy atom. The summed E-state index contributed by atoms with van der Waals surface area (Å²) in [5.74, 6) is 0. The lowest BCUT2D eigenvalue weighted by molar-refractivity contribution is 0.601. The van der Waals surface area contributed by atoms with Gasteiger partial charge in [0.25, 0.3) is 10.0 Å². The van der Waals surface area contributed by atoms with Crippen LogP contribution in [0.1, 0.15) is 0 Å². The van der Waals surface area contributed by atoms with Crippen molar-refractivity contribution in [1.82, 2.24) is 4.98 Å². The number of hydrogen-bond donors (Lipinski definition) is 1. The molecule has 3 rings (SSSR count). The molecule has 1 N–H and O–H groups in total. The van der Waals surface area contributed by atoms with E-state index < -0.39 is 10.0 Å². The van der Waals surface area contributed by atoms with Gasteiger partial charge in [0.15, 0.2) is 12.0 Å². The fourth-order valence-corrected chi connectivity index (χ4v) is 2.80. The van der Waals surface area contributed by atoms with Crippen LogP contribution in [-0.4, -0.2) is 13.4 Å². The van der Waals surface area contributed by atoms with Crippen molar-refractivity contribution in [2.75, 3.05) is 4.72 Å². The third-order valence-corrected chi connectivity index (χ3v) is 4.03. The molecule has 0 fully saturated rings. The van der Waals surface area contributed by atoms with Crippen molar-refractivity contribution in [3.05, 3.63) is 54.9 Å². The summed E-state index contributed by atoms with van der Waals surface area (Å²) < 4.78 is 31.9. The van der Waals surface area contributed by atoms with Crippen LogP contribution in [0.15, 0.2) is 64.2 Å². The lowest BCUT2D eigenvalue weighted by Gasteiger charge is -2.07. The molecule has 6 heteroatoms. The number of sulfonamides is 1. The van der Waals surface area contributed by atoms with E-state index in [1.807, 2.05) is 0 Å². The number of nitrogens with one attached hydrogen (secondary N) is 1. The van der Waals surface area contributed by atoms with E-state index in [1.165, 1.54) is 18.5 Å². The number of anilines is 1. The van der Waals surface area contributed by atoms with Crippen molar-refractivity contribution in [3.63, 3.8) is 0 Å². The Morgan fingerprint density at radius 1 is 1.05 bits per heavy atom. The van der Waals surface area contributed by atoms with Crippen LogP contribution in [-0.2, 0) is 10.0 Å². The Labute approximate surface area is 109 Å². The van der Waals surface area contributed by atoms with Crippen molar-refractivity contribution >= 4 is 26.8 Å². The lowest BCUT2D eigenvalue weighted by Crippen LogP contribution is -2.12. The summed E-state index contributed by atoms with van der Waals surface area (Å²) in [5.41, 5.74) is 1.66. The molecule has 1 heterocycles. The van der Waals surface area contributed by atoms with E-state index in [4.69, 9.17) is 4.42 Å². The van der Waals surface area contributed by atoms with E-state index >= 15 is 0 Å². The van der Waals surface area contributed by atoms with Gasteiger partial charge >= 0.3 is 0 Å². The number of aromatic nitrogens is 1. The van der Waals surface area contributed by atoms with Gasteiger partial charge in [-0.3, -0.25) is 4.72 Å². The van der Waals surface area contributed by atoms with Crippen LogP contribution in [0.3, 0.4) is 0 Å². The standard InChI is InChI=1S/C13H10N2O3S/c16-19(17,11-4-2-1-3-5-11)15-10-6-7-12-13(8-10)18-9-14-12/h1-9,15H. The molecule has 0 aliphatic carbocycles. The van der Waals surface area contributed by atoms with Gasteiger partial charge in [-0.25, -0.2) is 13.4 Å². The minimum Gasteiger partial charge on any atom is -0.443 e. The monoisotopic (exact) mass is 274 g/mol. The highest BCUT2D eigenvalue weighted by Crippen LogP contribution is 2.20. The molecule has 3 aromatic rings. The quantitative estimate of drug-likeness (QED) is 0.797. The Balaban J connectivity index is 1.96. The van der Waals surface area contributed by atoms with Crippen molar-refractivity contribution in [2.24, 2.45) is 0 Å². The van der Waals surface area contributed by atoms with Gasteiger partial charge in [-0.05, 0) is 24.3 Å². The molecule has 0 spiro atoms. The van der Waals surface area contributed by atoms with Crippen LogP contribution in [0.25, 0.3) is 11.1 Å². The van der Waals surface area contributed by atoms with Crippen LogP contribution in [0.4, 0.5) is 5.69 Å². The average molecular weight is 274 g/mol. The second kappa shape index (κ2) is 4.40. The van der Waals surface area contributed by atoms with E-state index in [-0.39, 0.29) is 4.90 Å². The zero-order valence-corrected chi connectivity index (χ0v) is 10.6. The summed E-state index contributed by atoms with van der Waals surface area (Å²) in [5, 5.41) is 0. The van der Waals surface area contributed by atoms with Gasteiger partial charge in [0, 0.05) is 6.07 Å². The van der Waals surface area contributed by atoms with Gasteiger partial charge in [0.05, 0.1) is 10.6 Å². The maximum absolute atomic E-state index is 12.1. The topological polar surface area (TPSA) is 72.2 Å². The van der Waals surface area contributed by atoms with Gasteiger partial charge in [0.2, 0.25) is 0 Å². The number of nitrogens with zero attached hydrogens (tertiary/aromatic N) is 1. The second-order valence-corrected chi connectivity index (χ2v) is 5.64. The molecule has 5 nitrogen and oxygen atoms in total. The molecule has 0 aliphatic heterocycles. The molecule has 1 aromatic heterocycles. The molecule has 0 saturated heterocycles. The summed E-state index contributed by atoms with van der Waals surface area (Å²) in [6, 6.07) is 13.1. The Kier molecular flexibility index (Phi) is 2.72. The van der Waals surface area contributed by atoms with Crippen LogP contribution in [0, 0.1) is 0 Å². The maximum atomic E-state index is 12.1. The summed E-state index contributed by atoms with van der Waals surface area (Å²) in [6.45, 7) is 0. The zero-order valence-electron chi connectivity index (χ0n) is 9.78. The first kappa shape index (κ1) is 11.7. The van der Waals surface area contributed by atoms with E-state index in [2.05, 4.69) is 9.71 Å². The molecule has 19 heavy (non-hydrogen) atoms. The minimum absolute atomic E-state index is 0.215. The van der Waals surface area contributed by atoms with Crippen LogP contribution in [0.5, 0.6) is 0 Å². The van der Waals surface area contributed by atoms with E-state index in [9.17, 15) is 8.42 Å². The third-order valence-electron chi connectivity index (χ3n) is 2.64. The van der Waals surface area contributed by atoms with Crippen LogP contribution >= 0.6 is 0 Å². The van der Waals surface area contributed by atoms with Crippen molar-refractivity contribution in [2.45, 2.75) is 4.90 Å². The predicted octanol–water partition coefficient (Wildman–Crippen LogP) is 2.63. The first-order valence-electron chi connectivity index (χ1n) is 5.56. The first-order valence-corrected chi connectivity index (χ1v) is 7.05. The highest BCUT2D eigenvalue weighted by Gasteiger charge is 2.13.